The smallest absolute Gasteiger partial charge is 0.302 e. The summed E-state index contributed by atoms with van der Waals surface area (Å²) in [6, 6.07) is 0. The lowest BCUT2D eigenvalue weighted by Crippen LogP contribution is -2.26. The highest BCUT2D eigenvalue weighted by atomic mass is 16.6. The van der Waals surface area contributed by atoms with Crippen LogP contribution in [0.5, 0.6) is 0 Å². The largest absolute Gasteiger partial charge is 0.472 e. The molecule has 0 amide bonds. The quantitative estimate of drug-likeness (QED) is 0.631. The van der Waals surface area contributed by atoms with Gasteiger partial charge in [-0.25, -0.2) is 0 Å². The van der Waals surface area contributed by atoms with Crippen molar-refractivity contribution in [2.24, 2.45) is 10.4 Å². The Balaban J connectivity index is 2.36. The van der Waals surface area contributed by atoms with E-state index < -0.39 is 0 Å². The predicted octanol–water partition coefficient (Wildman–Crippen LogP) is 1.39. The van der Waals surface area contributed by atoms with Crippen LogP contribution in [0.25, 0.3) is 0 Å². The molecule has 0 fully saturated rings. The van der Waals surface area contributed by atoms with Crippen molar-refractivity contribution in [3.8, 4) is 0 Å². The summed E-state index contributed by atoms with van der Waals surface area (Å²) in [4.78, 5) is 14.8. The van der Waals surface area contributed by atoms with Crippen molar-refractivity contribution in [3.63, 3.8) is 0 Å². The number of carbonyl (C=O) groups excluding carboxylic acids is 1. The van der Waals surface area contributed by atoms with Crippen molar-refractivity contribution in [2.45, 2.75) is 33.8 Å². The van der Waals surface area contributed by atoms with Gasteiger partial charge in [-0.05, 0) is 0 Å². The molecule has 1 heterocycles. The van der Waals surface area contributed by atoms with Crippen LogP contribution in [0, 0.1) is 5.41 Å². The molecule has 1 unspecified atom stereocenters. The molecule has 80 valence electrons. The van der Waals surface area contributed by atoms with Crippen LogP contribution in [0.3, 0.4) is 0 Å². The monoisotopic (exact) mass is 199 g/mol. The van der Waals surface area contributed by atoms with Crippen molar-refractivity contribution in [2.75, 3.05) is 13.2 Å². The Morgan fingerprint density at radius 3 is 2.71 bits per heavy atom. The van der Waals surface area contributed by atoms with E-state index in [-0.39, 0.29) is 17.5 Å². The third-order valence-electron chi connectivity index (χ3n) is 1.83. The van der Waals surface area contributed by atoms with Crippen molar-refractivity contribution >= 4 is 11.9 Å². The summed E-state index contributed by atoms with van der Waals surface area (Å²) in [5.41, 5.74) is -0.0645. The van der Waals surface area contributed by atoms with Crippen LogP contribution in [-0.2, 0) is 14.3 Å². The average molecular weight is 199 g/mol. The molecule has 0 aromatic heterocycles. The zero-order chi connectivity index (χ0) is 10.8. The van der Waals surface area contributed by atoms with Crippen LogP contribution in [0.2, 0.25) is 0 Å². The van der Waals surface area contributed by atoms with Gasteiger partial charge in [0.1, 0.15) is 6.61 Å². The van der Waals surface area contributed by atoms with Crippen LogP contribution in [-0.4, -0.2) is 31.1 Å². The van der Waals surface area contributed by atoms with Gasteiger partial charge in [-0.1, -0.05) is 20.8 Å². The van der Waals surface area contributed by atoms with E-state index in [1.807, 2.05) is 20.8 Å². The first-order chi connectivity index (χ1) is 6.39. The highest BCUT2D eigenvalue weighted by Crippen LogP contribution is 2.22. The molecule has 0 N–H and O–H groups in total. The SMILES string of the molecule is CC(=O)OCC1CN=C(C(C)(C)C)O1. The molecule has 0 saturated heterocycles. The van der Waals surface area contributed by atoms with E-state index in [0.29, 0.717) is 13.2 Å². The normalized spacial score (nSPS) is 21.4. The molecule has 1 atom stereocenters. The second-order valence-electron chi connectivity index (χ2n) is 4.44. The van der Waals surface area contributed by atoms with Crippen LogP contribution in [0.4, 0.5) is 0 Å². The van der Waals surface area contributed by atoms with E-state index in [9.17, 15) is 4.79 Å². The van der Waals surface area contributed by atoms with Crippen LogP contribution < -0.4 is 0 Å². The van der Waals surface area contributed by atoms with Gasteiger partial charge in [0, 0.05) is 12.3 Å². The minimum atomic E-state index is -0.280. The van der Waals surface area contributed by atoms with E-state index in [0.717, 1.165) is 5.90 Å². The van der Waals surface area contributed by atoms with Crippen molar-refractivity contribution in [1.82, 2.24) is 0 Å². The van der Waals surface area contributed by atoms with Gasteiger partial charge < -0.3 is 9.47 Å². The number of nitrogens with zero attached hydrogens (tertiary/aromatic N) is 1. The van der Waals surface area contributed by atoms with E-state index >= 15 is 0 Å². The lowest BCUT2D eigenvalue weighted by atomic mass is 9.97. The molecule has 4 nitrogen and oxygen atoms in total. The zero-order valence-corrected chi connectivity index (χ0v) is 9.16. The number of aliphatic imine (C=N–C) groups is 1. The molecule has 4 heteroatoms. The summed E-state index contributed by atoms with van der Waals surface area (Å²) in [5, 5.41) is 0. The van der Waals surface area contributed by atoms with Crippen LogP contribution in [0.15, 0.2) is 4.99 Å². The fourth-order valence-corrected chi connectivity index (χ4v) is 1.13. The first-order valence-corrected chi connectivity index (χ1v) is 4.74. The molecule has 0 aromatic rings. The van der Waals surface area contributed by atoms with Crippen molar-refractivity contribution in [1.29, 1.82) is 0 Å². The Labute approximate surface area is 84.3 Å². The molecular weight excluding hydrogens is 182 g/mol. The Morgan fingerprint density at radius 1 is 1.64 bits per heavy atom. The maximum Gasteiger partial charge on any atom is 0.302 e. The Kier molecular flexibility index (Phi) is 3.13. The lowest BCUT2D eigenvalue weighted by molar-refractivity contribution is -0.143. The first kappa shape index (κ1) is 11.0. The van der Waals surface area contributed by atoms with Gasteiger partial charge in [0.15, 0.2) is 12.0 Å². The Morgan fingerprint density at radius 2 is 2.29 bits per heavy atom. The summed E-state index contributed by atoms with van der Waals surface area (Å²) in [6.45, 7) is 8.39. The average Bonchev–Trinajstić information content (AvgIpc) is 2.47. The number of hydrogen-bond donors (Lipinski definition) is 0. The van der Waals surface area contributed by atoms with Crippen molar-refractivity contribution < 1.29 is 14.3 Å². The number of rotatable bonds is 2. The highest BCUT2D eigenvalue weighted by molar-refractivity contribution is 5.82. The second kappa shape index (κ2) is 3.98. The summed E-state index contributed by atoms with van der Waals surface area (Å²) in [5.74, 6) is 0.465. The molecule has 0 spiro atoms. The topological polar surface area (TPSA) is 47.9 Å². The van der Waals surface area contributed by atoms with Gasteiger partial charge in [-0.15, -0.1) is 0 Å². The second-order valence-corrected chi connectivity index (χ2v) is 4.44. The number of hydrogen-bond acceptors (Lipinski definition) is 4. The fourth-order valence-electron chi connectivity index (χ4n) is 1.13. The molecular formula is C10H17NO3. The molecule has 0 aliphatic carbocycles. The maximum atomic E-state index is 10.6. The number of carbonyl (C=O) groups is 1. The van der Waals surface area contributed by atoms with Crippen LogP contribution >= 0.6 is 0 Å². The minimum Gasteiger partial charge on any atom is -0.472 e. The van der Waals surface area contributed by atoms with E-state index in [4.69, 9.17) is 9.47 Å². The molecule has 0 aromatic carbocycles. The van der Waals surface area contributed by atoms with Gasteiger partial charge >= 0.3 is 5.97 Å². The predicted molar refractivity (Wildman–Crippen MR) is 53.3 cm³/mol. The summed E-state index contributed by atoms with van der Waals surface area (Å²) < 4.78 is 10.4. The number of esters is 1. The molecule has 1 aliphatic rings. The first-order valence-electron chi connectivity index (χ1n) is 4.74. The highest BCUT2D eigenvalue weighted by Gasteiger charge is 2.29. The van der Waals surface area contributed by atoms with Crippen LogP contribution in [0.1, 0.15) is 27.7 Å². The van der Waals surface area contributed by atoms with Crippen molar-refractivity contribution in [3.05, 3.63) is 0 Å². The van der Waals surface area contributed by atoms with Gasteiger partial charge in [0.25, 0.3) is 0 Å². The van der Waals surface area contributed by atoms with E-state index in [1.54, 1.807) is 0 Å². The number of ether oxygens (including phenoxy) is 2. The molecule has 14 heavy (non-hydrogen) atoms. The fraction of sp³-hybridized carbons (Fsp3) is 0.800. The molecule has 0 saturated carbocycles. The zero-order valence-electron chi connectivity index (χ0n) is 9.16. The van der Waals surface area contributed by atoms with E-state index in [2.05, 4.69) is 4.99 Å². The Bertz CT molecular complexity index is 253. The minimum absolute atomic E-state index is 0.0645. The summed E-state index contributed by atoms with van der Waals surface area (Å²) >= 11 is 0. The molecule has 0 radical (unpaired) electrons. The third kappa shape index (κ3) is 3.01. The lowest BCUT2D eigenvalue weighted by Gasteiger charge is -2.19. The summed E-state index contributed by atoms with van der Waals surface area (Å²) in [6.07, 6.45) is -0.104. The molecule has 1 rings (SSSR count). The molecule has 1 aliphatic heterocycles. The van der Waals surface area contributed by atoms with E-state index in [1.165, 1.54) is 6.92 Å². The third-order valence-corrected chi connectivity index (χ3v) is 1.83. The van der Waals surface area contributed by atoms with Gasteiger partial charge in [-0.3, -0.25) is 9.79 Å². The molecule has 0 bridgehead atoms. The van der Waals surface area contributed by atoms with Gasteiger partial charge in [-0.2, -0.15) is 0 Å². The maximum absolute atomic E-state index is 10.6. The standard InChI is InChI=1S/C10H17NO3/c1-7(12)13-6-8-5-11-9(14-8)10(2,3)4/h8H,5-6H2,1-4H3. The summed E-state index contributed by atoms with van der Waals surface area (Å²) in [7, 11) is 0. The van der Waals surface area contributed by atoms with Gasteiger partial charge in [0.2, 0.25) is 0 Å². The Hall–Kier alpha value is -1.06. The van der Waals surface area contributed by atoms with Gasteiger partial charge in [0.05, 0.1) is 6.54 Å².